The Balaban J connectivity index is 2.30. The Morgan fingerprint density at radius 3 is 3.19 bits per heavy atom. The maximum Gasteiger partial charge on any atom is 0.268 e. The van der Waals surface area contributed by atoms with E-state index in [0.29, 0.717) is 18.9 Å². The molecule has 5 N–H and O–H groups in total. The minimum Gasteiger partial charge on any atom is -0.364 e. The molecule has 16 heavy (non-hydrogen) atoms. The molecule has 8 nitrogen and oxygen atoms in total. The van der Waals surface area contributed by atoms with E-state index in [2.05, 4.69) is 15.4 Å². The van der Waals surface area contributed by atoms with Crippen molar-refractivity contribution in [1.82, 2.24) is 14.6 Å². The van der Waals surface area contributed by atoms with Crippen molar-refractivity contribution in [1.29, 1.82) is 0 Å². The van der Waals surface area contributed by atoms with Crippen molar-refractivity contribution in [3.05, 3.63) is 11.9 Å². The maximum absolute atomic E-state index is 10.9. The van der Waals surface area contributed by atoms with Gasteiger partial charge in [0.15, 0.2) is 0 Å². The lowest BCUT2D eigenvalue weighted by Gasteiger charge is -2.25. The Hall–Kier alpha value is -1.37. The van der Waals surface area contributed by atoms with Crippen LogP contribution in [0.25, 0.3) is 0 Å². The van der Waals surface area contributed by atoms with Gasteiger partial charge >= 0.3 is 0 Å². The van der Waals surface area contributed by atoms with Crippen molar-refractivity contribution in [3.8, 4) is 0 Å². The third-order valence-corrected chi connectivity index (χ3v) is 2.89. The highest BCUT2D eigenvalue weighted by molar-refractivity contribution is 7.35. The molecule has 0 aromatic carbocycles. The van der Waals surface area contributed by atoms with Crippen molar-refractivity contribution >= 4 is 20.0 Å². The molecule has 1 aliphatic heterocycles. The number of carbonyl (C=O) groups is 1. The van der Waals surface area contributed by atoms with Crippen molar-refractivity contribution in [2.45, 2.75) is 12.6 Å². The van der Waals surface area contributed by atoms with Crippen LogP contribution in [-0.4, -0.2) is 26.9 Å². The van der Waals surface area contributed by atoms with Gasteiger partial charge in [0.2, 0.25) is 5.95 Å². The maximum atomic E-state index is 10.9. The first-order valence-electron chi connectivity index (χ1n) is 4.70. The van der Waals surface area contributed by atoms with Gasteiger partial charge in [-0.1, -0.05) is 0 Å². The van der Waals surface area contributed by atoms with E-state index in [-0.39, 0.29) is 11.9 Å². The Kier molecular flexibility index (Phi) is 2.95. The van der Waals surface area contributed by atoms with Crippen LogP contribution in [0.15, 0.2) is 6.20 Å². The third kappa shape index (κ3) is 2.08. The van der Waals surface area contributed by atoms with E-state index in [4.69, 9.17) is 10.6 Å². The number of imidazole rings is 1. The fourth-order valence-corrected chi connectivity index (χ4v) is 2.19. The molecule has 0 saturated heterocycles. The van der Waals surface area contributed by atoms with Gasteiger partial charge in [0.25, 0.3) is 14.1 Å². The first-order valence-corrected chi connectivity index (χ1v) is 6.05. The fourth-order valence-electron chi connectivity index (χ4n) is 1.62. The van der Waals surface area contributed by atoms with E-state index >= 15 is 0 Å². The molecule has 0 spiro atoms. The van der Waals surface area contributed by atoms with Crippen LogP contribution in [0, 0.1) is 0 Å². The van der Waals surface area contributed by atoms with Crippen molar-refractivity contribution in [2.24, 2.45) is 5.73 Å². The molecule has 0 aliphatic carbocycles. The van der Waals surface area contributed by atoms with Crippen LogP contribution in [0.2, 0.25) is 0 Å². The van der Waals surface area contributed by atoms with Gasteiger partial charge in [-0.3, -0.25) is 9.36 Å². The number of fused-ring (bicyclic) bond motifs is 1. The van der Waals surface area contributed by atoms with Gasteiger partial charge in [-0.25, -0.2) is 10.1 Å². The molecule has 0 fully saturated rings. The second-order valence-electron chi connectivity index (χ2n) is 3.40. The molecule has 9 heteroatoms. The molecule has 88 valence electrons. The lowest BCUT2D eigenvalue weighted by Crippen LogP contribution is -2.29. The summed E-state index contributed by atoms with van der Waals surface area (Å²) in [5, 5.41) is 5.50. The number of rotatable bonds is 3. The zero-order valence-electron chi connectivity index (χ0n) is 8.30. The number of nitrogens with zero attached hydrogens (tertiary/aromatic N) is 2. The predicted molar refractivity (Wildman–Crippen MR) is 57.2 cm³/mol. The van der Waals surface area contributed by atoms with Crippen LogP contribution in [0.3, 0.4) is 0 Å². The van der Waals surface area contributed by atoms with Gasteiger partial charge in [0.1, 0.15) is 5.69 Å². The first-order chi connectivity index (χ1) is 7.58. The summed E-state index contributed by atoms with van der Waals surface area (Å²) in [5.74, 6) is -0.153. The molecule has 2 atom stereocenters. The minimum atomic E-state index is -2.78. The summed E-state index contributed by atoms with van der Waals surface area (Å²) in [4.78, 5) is 23.7. The summed E-state index contributed by atoms with van der Waals surface area (Å²) in [6, 6.07) is 0. The van der Waals surface area contributed by atoms with Crippen LogP contribution in [0.4, 0.5) is 5.95 Å². The van der Waals surface area contributed by atoms with Gasteiger partial charge in [-0.2, -0.15) is 0 Å². The molecule has 1 amide bonds. The van der Waals surface area contributed by atoms with Gasteiger partial charge in [-0.15, -0.1) is 0 Å². The topological polar surface area (TPSA) is 122 Å². The summed E-state index contributed by atoms with van der Waals surface area (Å²) >= 11 is 0. The monoisotopic (exact) mass is 245 g/mol. The normalized spacial score (nSPS) is 20.9. The van der Waals surface area contributed by atoms with Crippen LogP contribution < -0.4 is 16.1 Å². The van der Waals surface area contributed by atoms with Gasteiger partial charge in [0, 0.05) is 12.7 Å². The largest absolute Gasteiger partial charge is 0.364 e. The number of primary amides is 1. The number of nitrogens with two attached hydrogens (primary N) is 1. The predicted octanol–water partition coefficient (Wildman–Crippen LogP) is -0.732. The fraction of sp³-hybridized carbons (Fsp3) is 0.429. The van der Waals surface area contributed by atoms with E-state index in [1.54, 1.807) is 4.57 Å². The minimum absolute atomic E-state index is 0.133. The Morgan fingerprint density at radius 1 is 1.81 bits per heavy atom. The third-order valence-electron chi connectivity index (χ3n) is 2.31. The number of aromatic nitrogens is 2. The van der Waals surface area contributed by atoms with E-state index in [0.717, 1.165) is 0 Å². The lowest BCUT2D eigenvalue weighted by molar-refractivity contribution is 0.0996. The standard InChI is InChI=1S/C7H12N5O3P/c8-6(13)4-3-12-5(11-16(14)15)1-2-9-7(12)10-4/h3,5,16H,1-2H2,(H2,8,13)(H,9,10)(H2,11,14,15). The summed E-state index contributed by atoms with van der Waals surface area (Å²) in [6.07, 6.45) is 1.75. The second-order valence-corrected chi connectivity index (χ2v) is 4.30. The molecule has 1 aliphatic rings. The van der Waals surface area contributed by atoms with E-state index in [9.17, 15) is 9.36 Å². The molecule has 1 aromatic heterocycles. The number of nitrogens with one attached hydrogen (secondary N) is 2. The molecular formula is C7H12N5O3P. The average Bonchev–Trinajstić information content (AvgIpc) is 2.61. The van der Waals surface area contributed by atoms with Gasteiger partial charge in [-0.05, 0) is 6.42 Å². The van der Waals surface area contributed by atoms with Crippen LogP contribution in [0.1, 0.15) is 23.1 Å². The lowest BCUT2D eigenvalue weighted by atomic mass is 10.3. The molecule has 2 heterocycles. The van der Waals surface area contributed by atoms with Gasteiger partial charge < -0.3 is 20.5 Å². The van der Waals surface area contributed by atoms with Crippen molar-refractivity contribution in [3.63, 3.8) is 0 Å². The van der Waals surface area contributed by atoms with Crippen LogP contribution in [0.5, 0.6) is 0 Å². The molecular weight excluding hydrogens is 233 g/mol. The number of amides is 1. The zero-order chi connectivity index (χ0) is 11.7. The van der Waals surface area contributed by atoms with E-state index in [1.165, 1.54) is 6.20 Å². The smallest absolute Gasteiger partial charge is 0.268 e. The highest BCUT2D eigenvalue weighted by Crippen LogP contribution is 2.25. The summed E-state index contributed by atoms with van der Waals surface area (Å²) in [6.45, 7) is 0.613. The Bertz CT molecular complexity index is 445. The molecule has 2 rings (SSSR count). The molecule has 0 radical (unpaired) electrons. The highest BCUT2D eigenvalue weighted by Gasteiger charge is 2.23. The van der Waals surface area contributed by atoms with E-state index in [1.807, 2.05) is 0 Å². The summed E-state index contributed by atoms with van der Waals surface area (Å²) in [5.41, 5.74) is 5.24. The number of carbonyl (C=O) groups excluding carboxylic acids is 1. The summed E-state index contributed by atoms with van der Waals surface area (Å²) < 4.78 is 12.3. The van der Waals surface area contributed by atoms with Crippen LogP contribution in [-0.2, 0) is 4.57 Å². The molecule has 1 aromatic rings. The van der Waals surface area contributed by atoms with Crippen LogP contribution >= 0.6 is 8.18 Å². The molecule has 2 unspecified atom stereocenters. The molecule has 0 bridgehead atoms. The highest BCUT2D eigenvalue weighted by atomic mass is 31.1. The number of hydrogen-bond donors (Lipinski definition) is 4. The SMILES string of the molecule is NC(=O)c1cn2c(n1)NCCC2N[PH](=O)O. The number of hydrogen-bond acceptors (Lipinski definition) is 4. The quantitative estimate of drug-likeness (QED) is 0.520. The van der Waals surface area contributed by atoms with Gasteiger partial charge in [0.05, 0.1) is 6.17 Å². The van der Waals surface area contributed by atoms with Crippen molar-refractivity contribution in [2.75, 3.05) is 11.9 Å². The van der Waals surface area contributed by atoms with Crippen molar-refractivity contribution < 1.29 is 14.3 Å². The second kappa shape index (κ2) is 4.25. The average molecular weight is 245 g/mol. The first kappa shape index (κ1) is 11.1. The number of anilines is 1. The Labute approximate surface area is 91.8 Å². The summed E-state index contributed by atoms with van der Waals surface area (Å²) in [7, 11) is -2.78. The molecule has 0 saturated carbocycles. The van der Waals surface area contributed by atoms with E-state index < -0.39 is 14.1 Å². The Morgan fingerprint density at radius 2 is 2.56 bits per heavy atom. The zero-order valence-corrected chi connectivity index (χ0v) is 9.30.